The lowest BCUT2D eigenvalue weighted by atomic mass is 10.0. The molecule has 0 fully saturated rings. The first-order valence-electron chi connectivity index (χ1n) is 7.93. The fraction of sp³-hybridized carbons (Fsp3) is 0.667. The van der Waals surface area contributed by atoms with Crippen molar-refractivity contribution in [2.45, 2.75) is 65.1 Å². The molecule has 2 unspecified atom stereocenters. The average Bonchev–Trinajstić information content (AvgIpc) is 2.41. The fourth-order valence-electron chi connectivity index (χ4n) is 2.42. The molecule has 120 valence electrons. The van der Waals surface area contributed by atoms with Gasteiger partial charge in [-0.1, -0.05) is 23.7 Å². The average molecular weight is 311 g/mol. The highest BCUT2D eigenvalue weighted by atomic mass is 35.5. The summed E-state index contributed by atoms with van der Waals surface area (Å²) in [5.74, 6) is 0. The molecule has 0 saturated carbocycles. The molecular weight excluding hydrogens is 280 g/mol. The molecule has 0 aliphatic heterocycles. The molecule has 0 spiro atoms. The predicted molar refractivity (Wildman–Crippen MR) is 94.1 cm³/mol. The van der Waals surface area contributed by atoms with Crippen LogP contribution in [0.3, 0.4) is 0 Å². The van der Waals surface area contributed by atoms with E-state index in [1.807, 2.05) is 12.1 Å². The maximum atomic E-state index is 5.96. The van der Waals surface area contributed by atoms with Gasteiger partial charge in [-0.25, -0.2) is 0 Å². The van der Waals surface area contributed by atoms with Crippen molar-refractivity contribution in [3.8, 4) is 0 Å². The molecule has 1 N–H and O–H groups in total. The second-order valence-electron chi connectivity index (χ2n) is 7.06. The van der Waals surface area contributed by atoms with E-state index in [2.05, 4.69) is 64.0 Å². The molecule has 2 atom stereocenters. The first-order chi connectivity index (χ1) is 9.70. The van der Waals surface area contributed by atoms with Crippen LogP contribution in [-0.2, 0) is 0 Å². The third-order valence-corrected chi connectivity index (χ3v) is 4.36. The second kappa shape index (κ2) is 8.17. The Morgan fingerprint density at radius 2 is 1.71 bits per heavy atom. The Morgan fingerprint density at radius 3 is 2.24 bits per heavy atom. The Balaban J connectivity index is 2.42. The lowest BCUT2D eigenvalue weighted by molar-refractivity contribution is 0.185. The summed E-state index contributed by atoms with van der Waals surface area (Å²) >= 11 is 5.96. The van der Waals surface area contributed by atoms with Crippen molar-refractivity contribution in [1.29, 1.82) is 0 Å². The van der Waals surface area contributed by atoms with E-state index in [-0.39, 0.29) is 5.54 Å². The zero-order chi connectivity index (χ0) is 16.0. The smallest absolute Gasteiger partial charge is 0.0406 e. The van der Waals surface area contributed by atoms with Crippen LogP contribution in [0.4, 0.5) is 0 Å². The largest absolute Gasteiger partial charge is 0.312 e. The van der Waals surface area contributed by atoms with Crippen molar-refractivity contribution in [2.24, 2.45) is 0 Å². The molecule has 2 nitrogen and oxygen atoms in total. The molecule has 0 aliphatic rings. The van der Waals surface area contributed by atoms with E-state index in [1.165, 1.54) is 18.4 Å². The van der Waals surface area contributed by atoms with Crippen LogP contribution in [-0.4, -0.2) is 30.1 Å². The van der Waals surface area contributed by atoms with Gasteiger partial charge in [0.25, 0.3) is 0 Å². The van der Waals surface area contributed by atoms with Crippen LogP contribution < -0.4 is 5.32 Å². The van der Waals surface area contributed by atoms with Gasteiger partial charge in [0.2, 0.25) is 0 Å². The zero-order valence-electron chi connectivity index (χ0n) is 14.4. The number of rotatable bonds is 7. The molecule has 0 amide bonds. The highest BCUT2D eigenvalue weighted by Gasteiger charge is 2.17. The van der Waals surface area contributed by atoms with Crippen molar-refractivity contribution < 1.29 is 0 Å². The fourth-order valence-corrected chi connectivity index (χ4v) is 2.55. The Kier molecular flexibility index (Phi) is 7.19. The summed E-state index contributed by atoms with van der Waals surface area (Å²) in [5.41, 5.74) is 1.53. The zero-order valence-corrected chi connectivity index (χ0v) is 15.2. The monoisotopic (exact) mass is 310 g/mol. The van der Waals surface area contributed by atoms with Crippen molar-refractivity contribution in [1.82, 2.24) is 10.2 Å². The number of nitrogens with one attached hydrogen (secondary N) is 1. The number of benzene rings is 1. The van der Waals surface area contributed by atoms with Crippen LogP contribution >= 0.6 is 11.6 Å². The Morgan fingerprint density at radius 1 is 1.14 bits per heavy atom. The molecule has 1 aromatic carbocycles. The SMILES string of the molecule is CC(CCCNC(C)(C)C)N(C)C(C)c1ccc(Cl)cc1. The van der Waals surface area contributed by atoms with E-state index in [0.717, 1.165) is 11.6 Å². The minimum atomic E-state index is 0.214. The van der Waals surface area contributed by atoms with Crippen molar-refractivity contribution in [3.63, 3.8) is 0 Å². The third kappa shape index (κ3) is 6.82. The first-order valence-corrected chi connectivity index (χ1v) is 8.31. The van der Waals surface area contributed by atoms with Gasteiger partial charge in [-0.15, -0.1) is 0 Å². The lowest BCUT2D eigenvalue weighted by Crippen LogP contribution is -2.37. The normalized spacial score (nSPS) is 15.2. The van der Waals surface area contributed by atoms with Gasteiger partial charge >= 0.3 is 0 Å². The van der Waals surface area contributed by atoms with Crippen molar-refractivity contribution in [3.05, 3.63) is 34.9 Å². The molecule has 0 aromatic heterocycles. The topological polar surface area (TPSA) is 15.3 Å². The highest BCUT2D eigenvalue weighted by Crippen LogP contribution is 2.23. The Labute approximate surface area is 135 Å². The second-order valence-corrected chi connectivity index (χ2v) is 7.50. The summed E-state index contributed by atoms with van der Waals surface area (Å²) in [5, 5.41) is 4.35. The van der Waals surface area contributed by atoms with Crippen LogP contribution in [0.5, 0.6) is 0 Å². The van der Waals surface area contributed by atoms with Crippen LogP contribution in [0, 0.1) is 0 Å². The Bertz CT molecular complexity index is 408. The summed E-state index contributed by atoms with van der Waals surface area (Å²) in [6, 6.07) is 9.16. The number of hydrogen-bond donors (Lipinski definition) is 1. The van der Waals surface area contributed by atoms with Crippen LogP contribution in [0.15, 0.2) is 24.3 Å². The van der Waals surface area contributed by atoms with Gasteiger partial charge in [-0.3, -0.25) is 4.90 Å². The van der Waals surface area contributed by atoms with E-state index < -0.39 is 0 Å². The standard InChI is InChI=1S/C18H31ClN2/c1-14(8-7-13-20-18(3,4)5)21(6)15(2)16-9-11-17(19)12-10-16/h9-12,14-15,20H,7-8,13H2,1-6H3. The minimum absolute atomic E-state index is 0.214. The molecule has 1 rings (SSSR count). The molecular formula is C18H31ClN2. The predicted octanol–water partition coefficient (Wildman–Crippen LogP) is 4.89. The maximum Gasteiger partial charge on any atom is 0.0406 e. The van der Waals surface area contributed by atoms with Crippen LogP contribution in [0.25, 0.3) is 0 Å². The molecule has 0 saturated heterocycles. The summed E-state index contributed by atoms with van der Waals surface area (Å²) < 4.78 is 0. The molecule has 0 heterocycles. The van der Waals surface area contributed by atoms with E-state index >= 15 is 0 Å². The van der Waals surface area contributed by atoms with E-state index in [9.17, 15) is 0 Å². The highest BCUT2D eigenvalue weighted by molar-refractivity contribution is 6.30. The van der Waals surface area contributed by atoms with Gasteiger partial charge in [0.1, 0.15) is 0 Å². The number of halogens is 1. The molecule has 0 bridgehead atoms. The summed E-state index contributed by atoms with van der Waals surface area (Å²) in [6.07, 6.45) is 2.41. The lowest BCUT2D eigenvalue weighted by Gasteiger charge is -2.31. The number of hydrogen-bond acceptors (Lipinski definition) is 2. The van der Waals surface area contributed by atoms with Crippen molar-refractivity contribution >= 4 is 11.6 Å². The van der Waals surface area contributed by atoms with Crippen LogP contribution in [0.1, 0.15) is 59.1 Å². The molecule has 0 aliphatic carbocycles. The van der Waals surface area contributed by atoms with Gasteiger partial charge < -0.3 is 5.32 Å². The molecule has 1 aromatic rings. The Hall–Kier alpha value is -0.570. The summed E-state index contributed by atoms with van der Waals surface area (Å²) in [6.45, 7) is 12.3. The van der Waals surface area contributed by atoms with Gasteiger partial charge in [0, 0.05) is 22.6 Å². The third-order valence-electron chi connectivity index (χ3n) is 4.11. The van der Waals surface area contributed by atoms with Gasteiger partial charge in [-0.05, 0) is 78.7 Å². The molecule has 0 radical (unpaired) electrons. The molecule has 3 heteroatoms. The van der Waals surface area contributed by atoms with E-state index in [1.54, 1.807) is 0 Å². The van der Waals surface area contributed by atoms with Crippen LogP contribution in [0.2, 0.25) is 5.02 Å². The van der Waals surface area contributed by atoms with E-state index in [4.69, 9.17) is 11.6 Å². The number of nitrogens with zero attached hydrogens (tertiary/aromatic N) is 1. The first kappa shape index (κ1) is 18.5. The van der Waals surface area contributed by atoms with Crippen molar-refractivity contribution in [2.75, 3.05) is 13.6 Å². The summed E-state index contributed by atoms with van der Waals surface area (Å²) in [4.78, 5) is 2.44. The van der Waals surface area contributed by atoms with Gasteiger partial charge in [0.15, 0.2) is 0 Å². The summed E-state index contributed by atoms with van der Waals surface area (Å²) in [7, 11) is 2.21. The van der Waals surface area contributed by atoms with Gasteiger partial charge in [0.05, 0.1) is 0 Å². The van der Waals surface area contributed by atoms with E-state index in [0.29, 0.717) is 12.1 Å². The minimum Gasteiger partial charge on any atom is -0.312 e. The molecule has 21 heavy (non-hydrogen) atoms. The maximum absolute atomic E-state index is 5.96. The quantitative estimate of drug-likeness (QED) is 0.721. The van der Waals surface area contributed by atoms with Gasteiger partial charge in [-0.2, -0.15) is 0 Å².